The van der Waals surface area contributed by atoms with Crippen LogP contribution in [0.4, 0.5) is 0 Å². The van der Waals surface area contributed by atoms with Gasteiger partial charge in [0, 0.05) is 23.5 Å². The summed E-state index contributed by atoms with van der Waals surface area (Å²) in [6.45, 7) is 2.70. The zero-order valence-corrected chi connectivity index (χ0v) is 11.0. The van der Waals surface area contributed by atoms with Gasteiger partial charge in [-0.2, -0.15) is 16.4 Å². The number of carbonyl (C=O) groups excluding carboxylic acids is 1. The summed E-state index contributed by atoms with van der Waals surface area (Å²) in [5, 5.41) is 11.6. The third-order valence-corrected chi connectivity index (χ3v) is 3.72. The molecule has 4 nitrogen and oxygen atoms in total. The highest BCUT2D eigenvalue weighted by atomic mass is 32.1. The van der Waals surface area contributed by atoms with Gasteiger partial charge in [-0.25, -0.2) is 0 Å². The first-order valence-corrected chi connectivity index (χ1v) is 7.13. The molecule has 0 atom stereocenters. The topological polar surface area (TPSA) is 46.9 Å². The number of amides is 1. The van der Waals surface area contributed by atoms with Crippen LogP contribution in [0.5, 0.6) is 0 Å². The number of aromatic nitrogens is 2. The summed E-state index contributed by atoms with van der Waals surface area (Å²) >= 11 is 1.64. The number of aryl methyl sites for hydroxylation is 1. The molecule has 3 rings (SSSR count). The van der Waals surface area contributed by atoms with Gasteiger partial charge in [0.25, 0.3) is 5.91 Å². The van der Waals surface area contributed by atoms with Gasteiger partial charge in [0.2, 0.25) is 0 Å². The van der Waals surface area contributed by atoms with Crippen molar-refractivity contribution < 1.29 is 4.79 Å². The van der Waals surface area contributed by atoms with Crippen LogP contribution in [0.2, 0.25) is 0 Å². The molecule has 1 aliphatic rings. The Hall–Kier alpha value is -1.62. The van der Waals surface area contributed by atoms with Gasteiger partial charge in [-0.15, -0.1) is 0 Å². The number of nitrogens with zero attached hydrogens (tertiary/aromatic N) is 2. The van der Waals surface area contributed by atoms with Crippen LogP contribution < -0.4 is 5.32 Å². The van der Waals surface area contributed by atoms with Gasteiger partial charge >= 0.3 is 0 Å². The van der Waals surface area contributed by atoms with Crippen LogP contribution in [0.15, 0.2) is 22.9 Å². The number of hydrogen-bond acceptors (Lipinski definition) is 3. The number of hydrogen-bond donors (Lipinski definition) is 1. The molecular formula is C13H15N3OS. The first-order valence-electron chi connectivity index (χ1n) is 6.19. The third-order valence-electron chi connectivity index (χ3n) is 3.04. The summed E-state index contributed by atoms with van der Waals surface area (Å²) < 4.78 is 1.77. The first kappa shape index (κ1) is 11.5. The second kappa shape index (κ2) is 4.57. The Kier molecular flexibility index (Phi) is 2.91. The molecule has 0 spiro atoms. The zero-order valence-electron chi connectivity index (χ0n) is 10.2. The molecule has 1 N–H and O–H groups in total. The lowest BCUT2D eigenvalue weighted by Crippen LogP contribution is -2.27. The van der Waals surface area contributed by atoms with Crippen LogP contribution in [-0.4, -0.2) is 21.7 Å². The van der Waals surface area contributed by atoms with Crippen molar-refractivity contribution >= 4 is 17.2 Å². The summed E-state index contributed by atoms with van der Waals surface area (Å²) in [7, 11) is 0. The molecule has 1 saturated carbocycles. The van der Waals surface area contributed by atoms with Gasteiger partial charge in [0.1, 0.15) is 5.69 Å². The summed E-state index contributed by atoms with van der Waals surface area (Å²) in [6, 6.07) is 4.28. The van der Waals surface area contributed by atoms with Gasteiger partial charge in [-0.1, -0.05) is 0 Å². The van der Waals surface area contributed by atoms with E-state index in [9.17, 15) is 4.79 Å². The van der Waals surface area contributed by atoms with Gasteiger partial charge in [0.05, 0.1) is 5.69 Å². The molecule has 5 heteroatoms. The van der Waals surface area contributed by atoms with Crippen molar-refractivity contribution in [3.05, 3.63) is 28.6 Å². The molecule has 0 saturated heterocycles. The van der Waals surface area contributed by atoms with Crippen molar-refractivity contribution in [2.24, 2.45) is 0 Å². The van der Waals surface area contributed by atoms with E-state index in [0.29, 0.717) is 18.3 Å². The second-order valence-electron chi connectivity index (χ2n) is 4.49. The lowest BCUT2D eigenvalue weighted by molar-refractivity contribution is 0.0940. The van der Waals surface area contributed by atoms with Gasteiger partial charge in [0.15, 0.2) is 0 Å². The van der Waals surface area contributed by atoms with Crippen molar-refractivity contribution in [3.63, 3.8) is 0 Å². The predicted octanol–water partition coefficient (Wildman–Crippen LogP) is 2.52. The zero-order chi connectivity index (χ0) is 12.5. The average Bonchev–Trinajstić information content (AvgIpc) is 2.90. The first-order chi connectivity index (χ1) is 8.78. The van der Waals surface area contributed by atoms with Crippen molar-refractivity contribution in [2.45, 2.75) is 32.4 Å². The van der Waals surface area contributed by atoms with E-state index in [1.165, 1.54) is 0 Å². The molecule has 18 heavy (non-hydrogen) atoms. The SMILES string of the molecule is CCn1nc(-c2ccsc2)cc1C(=O)NC1CC1. The largest absolute Gasteiger partial charge is 0.348 e. The average molecular weight is 261 g/mol. The number of carbonyl (C=O) groups is 1. The maximum atomic E-state index is 12.1. The highest BCUT2D eigenvalue weighted by molar-refractivity contribution is 7.08. The van der Waals surface area contributed by atoms with Crippen LogP contribution in [0.1, 0.15) is 30.3 Å². The third kappa shape index (κ3) is 2.18. The van der Waals surface area contributed by atoms with E-state index in [4.69, 9.17) is 0 Å². The Balaban J connectivity index is 1.90. The van der Waals surface area contributed by atoms with Crippen LogP contribution in [-0.2, 0) is 6.54 Å². The summed E-state index contributed by atoms with van der Waals surface area (Å²) in [5.41, 5.74) is 2.61. The molecule has 0 unspecified atom stereocenters. The quantitative estimate of drug-likeness (QED) is 0.919. The lowest BCUT2D eigenvalue weighted by atomic mass is 10.2. The number of nitrogens with one attached hydrogen (secondary N) is 1. The van der Waals surface area contributed by atoms with Crippen molar-refractivity contribution in [2.75, 3.05) is 0 Å². The monoisotopic (exact) mass is 261 g/mol. The predicted molar refractivity (Wildman–Crippen MR) is 71.7 cm³/mol. The van der Waals surface area contributed by atoms with E-state index < -0.39 is 0 Å². The molecule has 2 aromatic heterocycles. The maximum Gasteiger partial charge on any atom is 0.269 e. The Morgan fingerprint density at radius 1 is 1.61 bits per heavy atom. The highest BCUT2D eigenvalue weighted by Gasteiger charge is 2.25. The molecule has 1 aliphatic carbocycles. The smallest absolute Gasteiger partial charge is 0.269 e. The van der Waals surface area contributed by atoms with E-state index in [1.54, 1.807) is 16.0 Å². The highest BCUT2D eigenvalue weighted by Crippen LogP contribution is 2.23. The molecule has 0 aromatic carbocycles. The van der Waals surface area contributed by atoms with Crippen LogP contribution in [0.3, 0.4) is 0 Å². The molecule has 2 aromatic rings. The van der Waals surface area contributed by atoms with Crippen molar-refractivity contribution in [1.82, 2.24) is 15.1 Å². The molecule has 0 aliphatic heterocycles. The minimum absolute atomic E-state index is 0.00618. The Morgan fingerprint density at radius 3 is 3.06 bits per heavy atom. The fraction of sp³-hybridized carbons (Fsp3) is 0.385. The minimum Gasteiger partial charge on any atom is -0.348 e. The Bertz CT molecular complexity index is 555. The molecule has 1 amide bonds. The summed E-state index contributed by atoms with van der Waals surface area (Å²) in [6.07, 6.45) is 2.20. The van der Waals surface area contributed by atoms with E-state index >= 15 is 0 Å². The molecule has 0 bridgehead atoms. The molecule has 0 radical (unpaired) electrons. The van der Waals surface area contributed by atoms with Crippen molar-refractivity contribution in [1.29, 1.82) is 0 Å². The van der Waals surface area contributed by atoms with Crippen LogP contribution >= 0.6 is 11.3 Å². The maximum absolute atomic E-state index is 12.1. The Morgan fingerprint density at radius 2 is 2.44 bits per heavy atom. The number of rotatable bonds is 4. The van der Waals surface area contributed by atoms with Gasteiger partial charge in [-0.3, -0.25) is 9.48 Å². The van der Waals surface area contributed by atoms with Gasteiger partial charge < -0.3 is 5.32 Å². The van der Waals surface area contributed by atoms with Crippen LogP contribution in [0, 0.1) is 0 Å². The molecule has 1 fully saturated rings. The summed E-state index contributed by atoms with van der Waals surface area (Å²) in [4.78, 5) is 12.1. The normalized spacial score (nSPS) is 14.7. The second-order valence-corrected chi connectivity index (χ2v) is 5.27. The molecular weight excluding hydrogens is 246 g/mol. The lowest BCUT2D eigenvalue weighted by Gasteiger charge is -2.04. The molecule has 2 heterocycles. The standard InChI is InChI=1S/C13H15N3OS/c1-2-16-12(13(17)14-10-3-4-10)7-11(15-16)9-5-6-18-8-9/h5-8,10H,2-4H2,1H3,(H,14,17). The number of thiophene rings is 1. The Labute approximate surface area is 110 Å². The van der Waals surface area contributed by atoms with E-state index in [0.717, 1.165) is 24.1 Å². The van der Waals surface area contributed by atoms with E-state index in [-0.39, 0.29) is 5.91 Å². The molecule has 94 valence electrons. The minimum atomic E-state index is -0.00618. The van der Waals surface area contributed by atoms with Gasteiger partial charge in [-0.05, 0) is 37.3 Å². The fourth-order valence-electron chi connectivity index (χ4n) is 1.88. The van der Waals surface area contributed by atoms with E-state index in [1.807, 2.05) is 29.8 Å². The van der Waals surface area contributed by atoms with Crippen LogP contribution in [0.25, 0.3) is 11.3 Å². The summed E-state index contributed by atoms with van der Waals surface area (Å²) in [5.74, 6) is -0.00618. The van der Waals surface area contributed by atoms with E-state index in [2.05, 4.69) is 10.4 Å². The van der Waals surface area contributed by atoms with Crippen molar-refractivity contribution in [3.8, 4) is 11.3 Å². The fourth-order valence-corrected chi connectivity index (χ4v) is 2.53.